The molecule has 0 saturated heterocycles. The van der Waals surface area contributed by atoms with Crippen LogP contribution in [0.25, 0.3) is 0 Å². The lowest BCUT2D eigenvalue weighted by molar-refractivity contribution is -0.139. The van der Waals surface area contributed by atoms with E-state index in [1.54, 1.807) is 30.3 Å². The smallest absolute Gasteiger partial charge is 0.342 e. The van der Waals surface area contributed by atoms with Crippen LogP contribution in [0.3, 0.4) is 0 Å². The zero-order chi connectivity index (χ0) is 21.1. The number of nitrogens with one attached hydrogen (secondary N) is 1. The average molecular weight is 420 g/mol. The summed E-state index contributed by atoms with van der Waals surface area (Å²) in [5.41, 5.74) is 0.358. The number of carbonyl (C=O) groups is 3. The normalized spacial score (nSPS) is 16.5. The molecular formula is C20H18ClNO7. The molecule has 2 aromatic carbocycles. The third-order valence-electron chi connectivity index (χ3n) is 4.60. The van der Waals surface area contributed by atoms with Crippen molar-refractivity contribution >= 4 is 29.4 Å². The van der Waals surface area contributed by atoms with Crippen molar-refractivity contribution < 1.29 is 34.4 Å². The number of amides is 1. The van der Waals surface area contributed by atoms with Gasteiger partial charge in [0.2, 0.25) is 0 Å². The summed E-state index contributed by atoms with van der Waals surface area (Å²) in [4.78, 5) is 36.4. The second kappa shape index (κ2) is 8.50. The van der Waals surface area contributed by atoms with Crippen LogP contribution < -0.4 is 5.32 Å². The number of aliphatic hydroxyl groups excluding tert-OH is 1. The summed E-state index contributed by atoms with van der Waals surface area (Å²) in [7, 11) is 0. The molecule has 1 aliphatic heterocycles. The molecule has 3 rings (SSSR count). The van der Waals surface area contributed by atoms with E-state index in [1.807, 2.05) is 0 Å². The van der Waals surface area contributed by atoms with Gasteiger partial charge in [-0.2, -0.15) is 0 Å². The van der Waals surface area contributed by atoms with Gasteiger partial charge in [0.05, 0.1) is 12.2 Å². The van der Waals surface area contributed by atoms with Gasteiger partial charge in [-0.15, -0.1) is 0 Å². The second-order valence-corrected chi connectivity index (χ2v) is 6.98. The Labute approximate surface area is 170 Å². The van der Waals surface area contributed by atoms with Crippen molar-refractivity contribution in [3.05, 3.63) is 63.7 Å². The first-order chi connectivity index (χ1) is 13.8. The number of carbonyl (C=O) groups excluding carboxylic acids is 2. The molecule has 152 valence electrons. The lowest BCUT2D eigenvalue weighted by Crippen LogP contribution is -2.42. The lowest BCUT2D eigenvalue weighted by atomic mass is 9.94. The number of esters is 1. The number of carboxylic acids is 1. The van der Waals surface area contributed by atoms with E-state index in [0.29, 0.717) is 5.56 Å². The SMILES string of the molecule is O=C(NC(Cc1ccccc1)C(=O)O)c1cc(Cl)c2c(c1O)C(=O)O[C@@H](CO)C2. The van der Waals surface area contributed by atoms with Crippen LogP contribution in [0.4, 0.5) is 0 Å². The number of hydrogen-bond acceptors (Lipinski definition) is 6. The molecule has 1 unspecified atom stereocenters. The molecule has 0 fully saturated rings. The molecule has 8 nitrogen and oxygen atoms in total. The molecule has 1 amide bonds. The molecule has 0 aliphatic carbocycles. The van der Waals surface area contributed by atoms with Gasteiger partial charge in [0.25, 0.3) is 5.91 Å². The fourth-order valence-corrected chi connectivity index (χ4v) is 3.42. The Balaban J connectivity index is 1.89. The third-order valence-corrected chi connectivity index (χ3v) is 4.93. The summed E-state index contributed by atoms with van der Waals surface area (Å²) in [6.07, 6.45) is -0.687. The first-order valence-electron chi connectivity index (χ1n) is 8.75. The van der Waals surface area contributed by atoms with Gasteiger partial charge in [0, 0.05) is 17.9 Å². The zero-order valence-corrected chi connectivity index (χ0v) is 15.8. The molecule has 2 aromatic rings. The highest BCUT2D eigenvalue weighted by molar-refractivity contribution is 6.32. The topological polar surface area (TPSA) is 133 Å². The minimum absolute atomic E-state index is 0.0293. The Morgan fingerprint density at radius 3 is 2.59 bits per heavy atom. The summed E-state index contributed by atoms with van der Waals surface area (Å²) in [5.74, 6) is -3.71. The second-order valence-electron chi connectivity index (χ2n) is 6.58. The van der Waals surface area contributed by atoms with E-state index in [1.165, 1.54) is 6.07 Å². The van der Waals surface area contributed by atoms with Gasteiger partial charge in [-0.3, -0.25) is 4.79 Å². The van der Waals surface area contributed by atoms with Gasteiger partial charge in [-0.25, -0.2) is 9.59 Å². The van der Waals surface area contributed by atoms with Crippen LogP contribution in [0.1, 0.15) is 31.8 Å². The van der Waals surface area contributed by atoms with E-state index < -0.39 is 42.3 Å². The maximum absolute atomic E-state index is 12.7. The average Bonchev–Trinajstić information content (AvgIpc) is 2.70. The minimum Gasteiger partial charge on any atom is -0.506 e. The van der Waals surface area contributed by atoms with E-state index >= 15 is 0 Å². The van der Waals surface area contributed by atoms with Crippen molar-refractivity contribution in [2.75, 3.05) is 6.61 Å². The number of benzene rings is 2. The summed E-state index contributed by atoms with van der Waals surface area (Å²) in [6, 6.07) is 8.63. The predicted molar refractivity (Wildman–Crippen MR) is 102 cm³/mol. The Kier molecular flexibility index (Phi) is 6.05. The number of carboxylic acid groups (broad SMARTS) is 1. The molecule has 29 heavy (non-hydrogen) atoms. The number of aliphatic hydroxyl groups is 1. The molecular weight excluding hydrogens is 402 g/mol. The number of fused-ring (bicyclic) bond motifs is 1. The van der Waals surface area contributed by atoms with Crippen LogP contribution in [0.5, 0.6) is 5.75 Å². The van der Waals surface area contributed by atoms with Crippen LogP contribution >= 0.6 is 11.6 Å². The molecule has 0 spiro atoms. The summed E-state index contributed by atoms with van der Waals surface area (Å²) in [6.45, 7) is -0.412. The molecule has 1 heterocycles. The fourth-order valence-electron chi connectivity index (χ4n) is 3.14. The number of hydrogen-bond donors (Lipinski definition) is 4. The van der Waals surface area contributed by atoms with E-state index in [-0.39, 0.29) is 34.6 Å². The first kappa shape index (κ1) is 20.6. The van der Waals surface area contributed by atoms with Crippen LogP contribution in [0.15, 0.2) is 36.4 Å². The van der Waals surface area contributed by atoms with Gasteiger partial charge < -0.3 is 25.4 Å². The van der Waals surface area contributed by atoms with E-state index in [2.05, 4.69) is 5.32 Å². The maximum Gasteiger partial charge on any atom is 0.342 e. The van der Waals surface area contributed by atoms with Crippen LogP contribution in [-0.4, -0.2) is 51.9 Å². The maximum atomic E-state index is 12.7. The van der Waals surface area contributed by atoms with E-state index in [9.17, 15) is 29.7 Å². The molecule has 0 bridgehead atoms. The number of phenolic OH excluding ortho intramolecular Hbond substituents is 1. The third kappa shape index (κ3) is 4.33. The van der Waals surface area contributed by atoms with Gasteiger partial charge in [0.15, 0.2) is 0 Å². The quantitative estimate of drug-likeness (QED) is 0.522. The van der Waals surface area contributed by atoms with Crippen molar-refractivity contribution in [1.29, 1.82) is 0 Å². The molecule has 2 atom stereocenters. The standard InChI is InChI=1S/C20H18ClNO7/c21-14-8-13(17(24)16-12(14)7-11(9-23)29-20(16)28)18(25)22-15(19(26)27)6-10-4-2-1-3-5-10/h1-5,8,11,15,23-24H,6-7,9H2,(H,22,25)(H,26,27)/t11-,15?/m1/s1. The van der Waals surface area contributed by atoms with Crippen LogP contribution in [-0.2, 0) is 22.4 Å². The molecule has 0 aromatic heterocycles. The van der Waals surface area contributed by atoms with Gasteiger partial charge in [-0.1, -0.05) is 41.9 Å². The molecule has 0 radical (unpaired) electrons. The number of rotatable bonds is 6. The summed E-state index contributed by atoms with van der Waals surface area (Å²) >= 11 is 6.18. The van der Waals surface area contributed by atoms with Crippen molar-refractivity contribution in [2.24, 2.45) is 0 Å². The Morgan fingerprint density at radius 2 is 1.97 bits per heavy atom. The van der Waals surface area contributed by atoms with Gasteiger partial charge in [-0.05, 0) is 17.2 Å². The number of cyclic esters (lactones) is 1. The Bertz CT molecular complexity index is 961. The van der Waals surface area contributed by atoms with Crippen molar-refractivity contribution in [3.63, 3.8) is 0 Å². The van der Waals surface area contributed by atoms with E-state index in [0.717, 1.165) is 0 Å². The number of aliphatic carboxylic acids is 1. The predicted octanol–water partition coefficient (Wildman–Crippen LogP) is 1.55. The molecule has 1 aliphatic rings. The monoisotopic (exact) mass is 419 g/mol. The molecule has 9 heteroatoms. The number of ether oxygens (including phenoxy) is 1. The largest absolute Gasteiger partial charge is 0.506 e. The fraction of sp³-hybridized carbons (Fsp3) is 0.250. The highest BCUT2D eigenvalue weighted by Crippen LogP contribution is 2.36. The number of halogens is 1. The van der Waals surface area contributed by atoms with Crippen molar-refractivity contribution in [2.45, 2.75) is 25.0 Å². The summed E-state index contributed by atoms with van der Waals surface area (Å²) in [5, 5.41) is 31.5. The molecule has 0 saturated carbocycles. The Morgan fingerprint density at radius 1 is 1.28 bits per heavy atom. The highest BCUT2D eigenvalue weighted by atomic mass is 35.5. The number of aromatic hydroxyl groups is 1. The Hall–Kier alpha value is -3.10. The zero-order valence-electron chi connectivity index (χ0n) is 15.1. The number of phenols is 1. The first-order valence-corrected chi connectivity index (χ1v) is 9.13. The van der Waals surface area contributed by atoms with Gasteiger partial charge in [0.1, 0.15) is 23.5 Å². The van der Waals surface area contributed by atoms with Crippen molar-refractivity contribution in [3.8, 4) is 5.75 Å². The lowest BCUT2D eigenvalue weighted by Gasteiger charge is -2.25. The van der Waals surface area contributed by atoms with Crippen LogP contribution in [0.2, 0.25) is 5.02 Å². The minimum atomic E-state index is -1.26. The van der Waals surface area contributed by atoms with Gasteiger partial charge >= 0.3 is 11.9 Å². The van der Waals surface area contributed by atoms with E-state index in [4.69, 9.17) is 16.3 Å². The molecule has 4 N–H and O–H groups in total. The van der Waals surface area contributed by atoms with Crippen LogP contribution in [0, 0.1) is 0 Å². The highest BCUT2D eigenvalue weighted by Gasteiger charge is 2.34. The summed E-state index contributed by atoms with van der Waals surface area (Å²) < 4.78 is 5.00. The van der Waals surface area contributed by atoms with Crippen molar-refractivity contribution in [1.82, 2.24) is 5.32 Å².